The summed E-state index contributed by atoms with van der Waals surface area (Å²) in [5.41, 5.74) is 7.09. The molecular weight excluding hydrogens is 424 g/mol. The van der Waals surface area contributed by atoms with Gasteiger partial charge in [0.1, 0.15) is 35.7 Å². The highest BCUT2D eigenvalue weighted by atomic mass is 32.1. The Bertz CT molecular complexity index is 1130. The lowest BCUT2D eigenvalue weighted by molar-refractivity contribution is -0.0263. The number of thiazole rings is 1. The van der Waals surface area contributed by atoms with Gasteiger partial charge in [0.05, 0.1) is 13.2 Å². The number of aliphatic hydroxyl groups excluding tert-OH is 3. The smallest absolute Gasteiger partial charge is 0.309 e. The number of aromatic nitrogens is 3. The van der Waals surface area contributed by atoms with Crippen LogP contribution in [0.25, 0.3) is 16.4 Å². The van der Waals surface area contributed by atoms with E-state index in [-0.39, 0.29) is 35.5 Å². The number of aliphatic hydroxyl groups is 3. The molecule has 0 radical (unpaired) electrons. The molecule has 11 heteroatoms. The van der Waals surface area contributed by atoms with Crippen LogP contribution in [-0.4, -0.2) is 67.5 Å². The lowest BCUT2D eigenvalue weighted by Gasteiger charge is -2.15. The van der Waals surface area contributed by atoms with Crippen molar-refractivity contribution in [1.29, 1.82) is 0 Å². The third kappa shape index (κ3) is 4.45. The molecule has 0 unspecified atom stereocenters. The Balaban J connectivity index is 1.55. The van der Waals surface area contributed by atoms with Gasteiger partial charge in [0.2, 0.25) is 11.8 Å². The van der Waals surface area contributed by atoms with Crippen LogP contribution in [0.15, 0.2) is 41.2 Å². The zero-order chi connectivity index (χ0) is 22.0. The third-order valence-corrected chi connectivity index (χ3v) is 5.89. The molecule has 164 valence electrons. The molecule has 3 heterocycles. The van der Waals surface area contributed by atoms with E-state index < -0.39 is 31.0 Å². The minimum atomic E-state index is -1.25. The topological polar surface area (TPSA) is 153 Å². The summed E-state index contributed by atoms with van der Waals surface area (Å²) in [6.07, 6.45) is -0.592. The van der Waals surface area contributed by atoms with E-state index in [1.165, 1.54) is 4.57 Å². The Kier molecular flexibility index (Phi) is 6.30. The van der Waals surface area contributed by atoms with Crippen molar-refractivity contribution in [2.24, 2.45) is 0 Å². The molecule has 1 fully saturated rings. The Morgan fingerprint density at radius 2 is 1.94 bits per heavy atom. The summed E-state index contributed by atoms with van der Waals surface area (Å²) in [6.45, 7) is -0.309. The molecule has 4 atom stereocenters. The summed E-state index contributed by atoms with van der Waals surface area (Å²) in [6, 6.07) is 9.72. The van der Waals surface area contributed by atoms with Crippen molar-refractivity contribution in [2.75, 3.05) is 18.9 Å². The van der Waals surface area contributed by atoms with Gasteiger partial charge in [-0.25, -0.2) is 0 Å². The number of rotatable bonds is 7. The normalized spacial score (nSPS) is 23.7. The van der Waals surface area contributed by atoms with Gasteiger partial charge in [-0.05, 0) is 11.6 Å². The number of nitrogens with zero attached hydrogens (tertiary/aromatic N) is 3. The van der Waals surface area contributed by atoms with Crippen molar-refractivity contribution < 1.29 is 24.8 Å². The van der Waals surface area contributed by atoms with Gasteiger partial charge >= 0.3 is 4.87 Å². The van der Waals surface area contributed by atoms with E-state index in [1.807, 2.05) is 42.5 Å². The monoisotopic (exact) mass is 446 g/mol. The van der Waals surface area contributed by atoms with E-state index in [1.54, 1.807) is 0 Å². The van der Waals surface area contributed by atoms with Crippen LogP contribution < -0.4 is 15.3 Å². The lowest BCUT2D eigenvalue weighted by atomic mass is 10.1. The minimum Gasteiger partial charge on any atom is -0.472 e. The zero-order valence-electron chi connectivity index (χ0n) is 16.4. The molecule has 0 spiro atoms. The molecular formula is C20H22N4O6S. The largest absolute Gasteiger partial charge is 0.472 e. The fourth-order valence-corrected chi connectivity index (χ4v) is 4.26. The summed E-state index contributed by atoms with van der Waals surface area (Å²) in [7, 11) is 0. The van der Waals surface area contributed by atoms with E-state index in [9.17, 15) is 20.1 Å². The first-order valence-electron chi connectivity index (χ1n) is 9.61. The number of fused-ring (bicyclic) bond motifs is 1. The van der Waals surface area contributed by atoms with Crippen LogP contribution in [0.1, 0.15) is 5.56 Å². The highest BCUT2D eigenvalue weighted by Crippen LogP contribution is 2.28. The second kappa shape index (κ2) is 9.12. The molecule has 1 aliphatic rings. The number of anilines is 1. The molecule has 1 aromatic carbocycles. The molecule has 4 rings (SSSR count). The quantitative estimate of drug-likeness (QED) is 0.393. The molecule has 0 aliphatic carbocycles. The van der Waals surface area contributed by atoms with Gasteiger partial charge in [0, 0.05) is 0 Å². The van der Waals surface area contributed by atoms with Crippen molar-refractivity contribution in [3.8, 4) is 5.88 Å². The van der Waals surface area contributed by atoms with E-state index in [0.717, 1.165) is 16.9 Å². The fourth-order valence-electron chi connectivity index (χ4n) is 3.38. The number of hydrogen-bond donors (Lipinski definition) is 4. The van der Waals surface area contributed by atoms with Crippen molar-refractivity contribution in [1.82, 2.24) is 14.5 Å². The summed E-state index contributed by atoms with van der Waals surface area (Å²) in [5, 5.41) is 29.4. The predicted molar refractivity (Wildman–Crippen MR) is 115 cm³/mol. The number of ether oxygens (including phenoxy) is 2. The van der Waals surface area contributed by atoms with Crippen LogP contribution in [0.5, 0.6) is 5.88 Å². The summed E-state index contributed by atoms with van der Waals surface area (Å²) in [4.78, 5) is 20.5. The van der Waals surface area contributed by atoms with Crippen molar-refractivity contribution in [3.05, 3.63) is 51.6 Å². The number of nitrogens with two attached hydrogens (primary N) is 1. The van der Waals surface area contributed by atoms with Gasteiger partial charge in [-0.15, -0.1) is 0 Å². The maximum absolute atomic E-state index is 12.6. The van der Waals surface area contributed by atoms with Crippen molar-refractivity contribution in [2.45, 2.75) is 31.0 Å². The Hall–Kier alpha value is -2.83. The molecule has 31 heavy (non-hydrogen) atoms. The van der Waals surface area contributed by atoms with Crippen LogP contribution in [0.4, 0.5) is 5.95 Å². The number of hydrogen-bond acceptors (Lipinski definition) is 10. The number of benzene rings is 1. The van der Waals surface area contributed by atoms with E-state index >= 15 is 0 Å². The maximum Gasteiger partial charge on any atom is 0.309 e. The van der Waals surface area contributed by atoms with E-state index in [4.69, 9.17) is 15.2 Å². The van der Waals surface area contributed by atoms with Crippen molar-refractivity contribution >= 4 is 33.7 Å². The summed E-state index contributed by atoms with van der Waals surface area (Å²) in [5.74, 6) is 0.115. The third-order valence-electron chi connectivity index (χ3n) is 4.93. The average Bonchev–Trinajstić information content (AvgIpc) is 3.23. The Labute approximate surface area is 180 Å². The molecule has 2 aromatic heterocycles. The molecule has 0 bridgehead atoms. The second-order valence-corrected chi connectivity index (χ2v) is 7.98. The lowest BCUT2D eigenvalue weighted by Crippen LogP contribution is -2.36. The first kappa shape index (κ1) is 21.4. The van der Waals surface area contributed by atoms with Gasteiger partial charge in [0.15, 0.2) is 5.65 Å². The van der Waals surface area contributed by atoms with Crippen LogP contribution >= 0.6 is 11.3 Å². The maximum atomic E-state index is 12.6. The van der Waals surface area contributed by atoms with Gasteiger partial charge in [-0.3, -0.25) is 9.36 Å². The van der Waals surface area contributed by atoms with Gasteiger partial charge in [-0.2, -0.15) is 9.97 Å². The average molecular weight is 446 g/mol. The highest BCUT2D eigenvalue weighted by molar-refractivity contribution is 7.16. The molecule has 1 aliphatic heterocycles. The second-order valence-electron chi connectivity index (χ2n) is 7.02. The fraction of sp³-hybridized carbons (Fsp3) is 0.350. The first-order chi connectivity index (χ1) is 15.0. The SMILES string of the molecule is Nc1nc(OC/C=C/c2ccccc2)c2sc(=O)n(C[C@@H]3O[C@H](CO)[C@@H](O)[C@H]3O)c2n1. The molecule has 5 N–H and O–H groups in total. The zero-order valence-corrected chi connectivity index (χ0v) is 17.2. The van der Waals surface area contributed by atoms with E-state index in [0.29, 0.717) is 4.70 Å². The van der Waals surface area contributed by atoms with E-state index in [2.05, 4.69) is 9.97 Å². The molecule has 0 saturated carbocycles. The van der Waals surface area contributed by atoms with Gasteiger partial charge < -0.3 is 30.5 Å². The molecule has 10 nitrogen and oxygen atoms in total. The van der Waals surface area contributed by atoms with Crippen LogP contribution in [0.2, 0.25) is 0 Å². The summed E-state index contributed by atoms with van der Waals surface area (Å²) >= 11 is 0.889. The standard InChI is InChI=1S/C20H22N4O6S/c21-19-22-17-16(18(23-19)29-8-4-7-11-5-2-1-3-6-11)31-20(28)24(17)9-12-14(26)15(27)13(10-25)30-12/h1-7,12-15,25-27H,8-10H2,(H2,21,22,23)/b7-4+/t12-,13+,14-,15+/m0/s1. The number of nitrogen functional groups attached to an aromatic ring is 1. The van der Waals surface area contributed by atoms with Crippen LogP contribution in [0.3, 0.4) is 0 Å². The molecule has 1 saturated heterocycles. The Morgan fingerprint density at radius 1 is 1.19 bits per heavy atom. The first-order valence-corrected chi connectivity index (χ1v) is 10.4. The van der Waals surface area contributed by atoms with Crippen LogP contribution in [-0.2, 0) is 11.3 Å². The molecule has 0 amide bonds. The Morgan fingerprint density at radius 3 is 2.65 bits per heavy atom. The predicted octanol–water partition coefficient (Wildman–Crippen LogP) is 0.00890. The van der Waals surface area contributed by atoms with Crippen LogP contribution in [0, 0.1) is 0 Å². The highest BCUT2D eigenvalue weighted by Gasteiger charge is 2.42. The van der Waals surface area contributed by atoms with Gasteiger partial charge in [0.25, 0.3) is 0 Å². The van der Waals surface area contributed by atoms with Crippen molar-refractivity contribution in [3.63, 3.8) is 0 Å². The molecule has 3 aromatic rings. The minimum absolute atomic E-state index is 0.0674. The summed E-state index contributed by atoms with van der Waals surface area (Å²) < 4.78 is 12.9. The van der Waals surface area contributed by atoms with Gasteiger partial charge in [-0.1, -0.05) is 47.7 Å².